The van der Waals surface area contributed by atoms with Crippen LogP contribution in [0.4, 0.5) is 0 Å². The van der Waals surface area contributed by atoms with Crippen LogP contribution in [0.15, 0.2) is 12.7 Å². The molecule has 0 bridgehead atoms. The van der Waals surface area contributed by atoms with E-state index in [9.17, 15) is 9.36 Å². The first-order valence-electron chi connectivity index (χ1n) is 7.76. The second kappa shape index (κ2) is 8.32. The van der Waals surface area contributed by atoms with Gasteiger partial charge in [0.1, 0.15) is 18.4 Å². The zero-order chi connectivity index (χ0) is 17.6. The molecule has 0 unspecified atom stereocenters. The molecule has 132 valence electrons. The van der Waals surface area contributed by atoms with Gasteiger partial charge >= 0.3 is 13.6 Å². The molecule has 0 aromatic carbocycles. The van der Waals surface area contributed by atoms with E-state index in [4.69, 9.17) is 13.8 Å². The van der Waals surface area contributed by atoms with Crippen LogP contribution in [0, 0.1) is 0 Å². The van der Waals surface area contributed by atoms with Crippen LogP contribution in [0.3, 0.4) is 0 Å². The Labute approximate surface area is 139 Å². The number of ether oxygens (including phenoxy) is 1. The summed E-state index contributed by atoms with van der Waals surface area (Å²) >= 11 is 0. The van der Waals surface area contributed by atoms with Crippen molar-refractivity contribution in [3.05, 3.63) is 12.7 Å². The number of hydrogen-bond acceptors (Lipinski definition) is 8. The topological polar surface area (TPSA) is 105 Å². The average molecular weight is 356 g/mol. The van der Waals surface area contributed by atoms with Gasteiger partial charge in [-0.15, -0.1) is 0 Å². The highest BCUT2D eigenvalue weighted by molar-refractivity contribution is 7.62. The molecule has 10 heteroatoms. The van der Waals surface area contributed by atoms with Crippen molar-refractivity contribution < 1.29 is 23.1 Å². The number of aromatic nitrogens is 4. The van der Waals surface area contributed by atoms with Crippen molar-refractivity contribution in [2.75, 3.05) is 19.8 Å². The summed E-state index contributed by atoms with van der Waals surface area (Å²) in [6.07, 6.45) is 3.42. The van der Waals surface area contributed by atoms with Crippen molar-refractivity contribution in [2.45, 2.75) is 33.7 Å². The highest BCUT2D eigenvalue weighted by Gasteiger charge is 2.32. The van der Waals surface area contributed by atoms with Crippen LogP contribution in [0.2, 0.25) is 0 Å². The van der Waals surface area contributed by atoms with Gasteiger partial charge in [-0.25, -0.2) is 15.0 Å². The maximum absolute atomic E-state index is 12.9. The van der Waals surface area contributed by atoms with E-state index in [0.29, 0.717) is 12.3 Å². The quantitative estimate of drug-likeness (QED) is 0.493. The monoisotopic (exact) mass is 356 g/mol. The first kappa shape index (κ1) is 18.5. The normalized spacial score (nSPS) is 11.8. The Bertz CT molecular complexity index is 738. The van der Waals surface area contributed by atoms with Gasteiger partial charge in [0.15, 0.2) is 11.1 Å². The third kappa shape index (κ3) is 3.98. The number of carbonyl (C=O) groups excluding carboxylic acids is 1. The Morgan fingerprint density at radius 2 is 1.88 bits per heavy atom. The fourth-order valence-corrected chi connectivity index (χ4v) is 3.69. The largest absolute Gasteiger partial charge is 0.464 e. The average Bonchev–Trinajstić information content (AvgIpc) is 2.96. The van der Waals surface area contributed by atoms with Gasteiger partial charge in [0.25, 0.3) is 0 Å². The fourth-order valence-electron chi connectivity index (χ4n) is 2.08. The first-order chi connectivity index (χ1) is 11.6. The molecule has 0 aliphatic carbocycles. The molecule has 2 heterocycles. The molecule has 0 radical (unpaired) electrons. The third-order valence-corrected chi connectivity index (χ3v) is 5.05. The second-order valence-electron chi connectivity index (χ2n) is 4.80. The van der Waals surface area contributed by atoms with Crippen LogP contribution in [0.5, 0.6) is 0 Å². The Kier molecular flexibility index (Phi) is 6.42. The summed E-state index contributed by atoms with van der Waals surface area (Å²) in [5, 5.41) is 0. The number of nitrogens with zero attached hydrogens (tertiary/aromatic N) is 4. The Morgan fingerprint density at radius 1 is 1.17 bits per heavy atom. The lowest BCUT2D eigenvalue weighted by atomic mass is 10.5. The molecule has 0 fully saturated rings. The zero-order valence-corrected chi connectivity index (χ0v) is 14.9. The summed E-state index contributed by atoms with van der Waals surface area (Å²) in [5.74, 6) is -0.394. The van der Waals surface area contributed by atoms with Crippen LogP contribution < -0.4 is 5.44 Å². The number of hydrogen-bond donors (Lipinski definition) is 0. The second-order valence-corrected chi connectivity index (χ2v) is 6.73. The van der Waals surface area contributed by atoms with E-state index in [0.717, 1.165) is 6.42 Å². The summed E-state index contributed by atoms with van der Waals surface area (Å²) in [6.45, 7) is 6.06. The van der Waals surface area contributed by atoms with Gasteiger partial charge in [0, 0.05) is 0 Å². The molecule has 0 aliphatic rings. The molecule has 2 aromatic rings. The van der Waals surface area contributed by atoms with Crippen molar-refractivity contribution in [3.8, 4) is 0 Å². The predicted molar refractivity (Wildman–Crippen MR) is 87.1 cm³/mol. The van der Waals surface area contributed by atoms with Gasteiger partial charge in [-0.05, 0) is 20.3 Å². The molecule has 0 N–H and O–H groups in total. The molecule has 0 aliphatic heterocycles. The van der Waals surface area contributed by atoms with E-state index < -0.39 is 13.6 Å². The van der Waals surface area contributed by atoms with E-state index in [1.807, 2.05) is 6.92 Å². The molecule has 0 amide bonds. The number of carbonyl (C=O) groups is 1. The van der Waals surface area contributed by atoms with Crippen molar-refractivity contribution >= 4 is 30.2 Å². The Morgan fingerprint density at radius 3 is 2.50 bits per heavy atom. The van der Waals surface area contributed by atoms with Gasteiger partial charge in [-0.2, -0.15) is 0 Å². The molecule has 0 spiro atoms. The third-order valence-electron chi connectivity index (χ3n) is 3.01. The standard InChI is InChI=1S/C14H21N4O5P/c1-4-7-21-11(19)8-18-10-17-12-13(18)15-9-16-14(12)24(20,22-5-2)23-6-3/h9-10H,4-8H2,1-3H3. The summed E-state index contributed by atoms with van der Waals surface area (Å²) in [6, 6.07) is 0. The molecule has 2 aromatic heterocycles. The molecule has 0 saturated carbocycles. The molecule has 24 heavy (non-hydrogen) atoms. The van der Waals surface area contributed by atoms with E-state index in [1.54, 1.807) is 13.8 Å². The van der Waals surface area contributed by atoms with Crippen LogP contribution in [0.1, 0.15) is 27.2 Å². The van der Waals surface area contributed by atoms with Gasteiger partial charge in [-0.3, -0.25) is 9.36 Å². The smallest absolute Gasteiger partial charge is 0.381 e. The van der Waals surface area contributed by atoms with Crippen LogP contribution in [-0.4, -0.2) is 45.3 Å². The van der Waals surface area contributed by atoms with E-state index >= 15 is 0 Å². The van der Waals surface area contributed by atoms with Crippen LogP contribution >= 0.6 is 7.60 Å². The van der Waals surface area contributed by atoms with E-state index in [-0.39, 0.29) is 30.7 Å². The minimum Gasteiger partial charge on any atom is -0.464 e. The molecule has 2 rings (SSSR count). The number of rotatable bonds is 9. The molecule has 0 atom stereocenters. The highest BCUT2D eigenvalue weighted by Crippen LogP contribution is 2.47. The van der Waals surface area contributed by atoms with Gasteiger partial charge in [0.2, 0.25) is 0 Å². The maximum atomic E-state index is 12.9. The van der Waals surface area contributed by atoms with Crippen molar-refractivity contribution in [1.29, 1.82) is 0 Å². The Hall–Kier alpha value is -1.83. The van der Waals surface area contributed by atoms with Gasteiger partial charge < -0.3 is 18.4 Å². The lowest BCUT2D eigenvalue weighted by Crippen LogP contribution is -2.17. The number of imidazole rings is 1. The molecular weight excluding hydrogens is 335 g/mol. The van der Waals surface area contributed by atoms with E-state index in [1.165, 1.54) is 17.2 Å². The summed E-state index contributed by atoms with van der Waals surface area (Å²) in [5.41, 5.74) is 0.746. The predicted octanol–water partition coefficient (Wildman–Crippen LogP) is 1.67. The summed E-state index contributed by atoms with van der Waals surface area (Å²) in [4.78, 5) is 24.1. The molecular formula is C14H21N4O5P. The van der Waals surface area contributed by atoms with Crippen LogP contribution in [-0.2, 0) is 29.7 Å². The van der Waals surface area contributed by atoms with Crippen molar-refractivity contribution in [1.82, 2.24) is 19.5 Å². The minimum absolute atomic E-state index is 0.0411. The molecule has 0 saturated heterocycles. The van der Waals surface area contributed by atoms with E-state index in [2.05, 4.69) is 15.0 Å². The van der Waals surface area contributed by atoms with Gasteiger partial charge in [-0.1, -0.05) is 6.92 Å². The van der Waals surface area contributed by atoms with Gasteiger partial charge in [0.05, 0.1) is 26.1 Å². The maximum Gasteiger partial charge on any atom is 0.381 e. The fraction of sp³-hybridized carbons (Fsp3) is 0.571. The lowest BCUT2D eigenvalue weighted by molar-refractivity contribution is -0.144. The Balaban J connectivity index is 2.38. The first-order valence-corrected chi connectivity index (χ1v) is 9.31. The van der Waals surface area contributed by atoms with Crippen molar-refractivity contribution in [3.63, 3.8) is 0 Å². The molecule has 9 nitrogen and oxygen atoms in total. The minimum atomic E-state index is -3.60. The SMILES string of the molecule is CCCOC(=O)Cn1cnc2c(P(=O)(OCC)OCC)ncnc21. The summed E-state index contributed by atoms with van der Waals surface area (Å²) < 4.78 is 30.1. The lowest BCUT2D eigenvalue weighted by Gasteiger charge is -2.16. The zero-order valence-electron chi connectivity index (χ0n) is 14.0. The highest BCUT2D eigenvalue weighted by atomic mass is 31.2. The summed E-state index contributed by atoms with van der Waals surface area (Å²) in [7, 11) is -3.60. The number of fused-ring (bicyclic) bond motifs is 1. The number of esters is 1. The van der Waals surface area contributed by atoms with Crippen LogP contribution in [0.25, 0.3) is 11.2 Å². The van der Waals surface area contributed by atoms with Crippen molar-refractivity contribution in [2.24, 2.45) is 0 Å².